The van der Waals surface area contributed by atoms with E-state index in [1.807, 2.05) is 0 Å². The van der Waals surface area contributed by atoms with E-state index in [1.165, 1.54) is 0 Å². The van der Waals surface area contributed by atoms with Crippen LogP contribution in [-0.4, -0.2) is 19.9 Å². The van der Waals surface area contributed by atoms with E-state index in [-0.39, 0.29) is 0 Å². The molecule has 0 bridgehead atoms. The van der Waals surface area contributed by atoms with Crippen LogP contribution in [-0.2, 0) is 6.42 Å². The molecule has 0 spiro atoms. The SMILES string of the molecule is c1cnc2c(n1)Cc1nccnc1-2. The fourth-order valence-corrected chi connectivity index (χ4v) is 1.55. The summed E-state index contributed by atoms with van der Waals surface area (Å²) in [6.07, 6.45) is 7.52. The van der Waals surface area contributed by atoms with Crippen molar-refractivity contribution in [3.05, 3.63) is 36.2 Å². The van der Waals surface area contributed by atoms with E-state index in [4.69, 9.17) is 0 Å². The van der Waals surface area contributed by atoms with Crippen LogP contribution in [0.3, 0.4) is 0 Å². The maximum absolute atomic E-state index is 4.24. The van der Waals surface area contributed by atoms with Gasteiger partial charge in [0, 0.05) is 31.2 Å². The van der Waals surface area contributed by atoms with E-state index >= 15 is 0 Å². The van der Waals surface area contributed by atoms with E-state index in [1.54, 1.807) is 24.8 Å². The first-order valence-corrected chi connectivity index (χ1v) is 4.05. The summed E-state index contributed by atoms with van der Waals surface area (Å²) in [6.45, 7) is 0. The average Bonchev–Trinajstić information content (AvgIpc) is 2.56. The van der Waals surface area contributed by atoms with E-state index in [0.29, 0.717) is 0 Å². The van der Waals surface area contributed by atoms with Crippen molar-refractivity contribution in [2.45, 2.75) is 6.42 Å². The molecule has 4 nitrogen and oxygen atoms in total. The number of hydrogen-bond acceptors (Lipinski definition) is 4. The van der Waals surface area contributed by atoms with Crippen molar-refractivity contribution < 1.29 is 0 Å². The van der Waals surface area contributed by atoms with Gasteiger partial charge in [0.2, 0.25) is 0 Å². The molecule has 3 rings (SSSR count). The fraction of sp³-hybridized carbons (Fsp3) is 0.111. The summed E-state index contributed by atoms with van der Waals surface area (Å²) in [6, 6.07) is 0. The Morgan fingerprint density at radius 2 is 1.15 bits per heavy atom. The van der Waals surface area contributed by atoms with Gasteiger partial charge < -0.3 is 0 Å². The molecule has 0 N–H and O–H groups in total. The molecule has 0 unspecified atom stereocenters. The summed E-state index contributed by atoms with van der Waals surface area (Å²) >= 11 is 0. The van der Waals surface area contributed by atoms with E-state index in [9.17, 15) is 0 Å². The van der Waals surface area contributed by atoms with Crippen LogP contribution in [0.2, 0.25) is 0 Å². The van der Waals surface area contributed by atoms with Crippen LogP contribution >= 0.6 is 0 Å². The zero-order valence-corrected chi connectivity index (χ0v) is 6.81. The lowest BCUT2D eigenvalue weighted by molar-refractivity contribution is 1.04. The Labute approximate surface area is 74.7 Å². The number of fused-ring (bicyclic) bond motifs is 3. The predicted molar refractivity (Wildman–Crippen MR) is 45.9 cm³/mol. The van der Waals surface area contributed by atoms with Gasteiger partial charge in [0.25, 0.3) is 0 Å². The van der Waals surface area contributed by atoms with Gasteiger partial charge in [-0.05, 0) is 0 Å². The van der Waals surface area contributed by atoms with Crippen LogP contribution < -0.4 is 0 Å². The van der Waals surface area contributed by atoms with Gasteiger partial charge in [-0.15, -0.1) is 0 Å². The molecule has 1 aliphatic carbocycles. The third kappa shape index (κ3) is 0.853. The molecule has 0 aromatic carbocycles. The molecular weight excluding hydrogens is 164 g/mol. The minimum absolute atomic E-state index is 0.756. The number of rotatable bonds is 0. The maximum atomic E-state index is 4.24. The van der Waals surface area contributed by atoms with Gasteiger partial charge in [-0.25, -0.2) is 0 Å². The molecule has 2 aromatic heterocycles. The Morgan fingerprint density at radius 1 is 0.692 bits per heavy atom. The summed E-state index contributed by atoms with van der Waals surface area (Å²) in [5, 5.41) is 0. The molecule has 4 heteroatoms. The maximum Gasteiger partial charge on any atom is 0.112 e. The van der Waals surface area contributed by atoms with Crippen molar-refractivity contribution >= 4 is 0 Å². The highest BCUT2D eigenvalue weighted by atomic mass is 14.9. The highest BCUT2D eigenvalue weighted by Crippen LogP contribution is 2.29. The zero-order chi connectivity index (χ0) is 8.67. The molecule has 62 valence electrons. The minimum Gasteiger partial charge on any atom is -0.257 e. The van der Waals surface area contributed by atoms with Gasteiger partial charge in [0.15, 0.2) is 0 Å². The first-order chi connectivity index (χ1) is 6.45. The Bertz CT molecular complexity index is 423. The highest BCUT2D eigenvalue weighted by Gasteiger charge is 2.22. The Balaban J connectivity index is 2.32. The lowest BCUT2D eigenvalue weighted by atomic mass is 10.3. The van der Waals surface area contributed by atoms with Crippen LogP contribution in [0, 0.1) is 0 Å². The van der Waals surface area contributed by atoms with Gasteiger partial charge in [-0.2, -0.15) is 0 Å². The summed E-state index contributed by atoms with van der Waals surface area (Å²) in [5.74, 6) is 0. The van der Waals surface area contributed by atoms with Gasteiger partial charge in [-0.3, -0.25) is 19.9 Å². The molecule has 0 aliphatic heterocycles. The molecule has 1 aliphatic rings. The standard InChI is InChI=1S/C9H6N4/c1-3-12-8-6(10-1)5-7-9(8)13-4-2-11-7/h1-4H,5H2. The Morgan fingerprint density at radius 3 is 1.69 bits per heavy atom. The highest BCUT2D eigenvalue weighted by molar-refractivity contribution is 5.65. The third-order valence-corrected chi connectivity index (χ3v) is 2.11. The summed E-state index contributed by atoms with van der Waals surface area (Å²) in [7, 11) is 0. The second kappa shape index (κ2) is 2.32. The van der Waals surface area contributed by atoms with Crippen molar-refractivity contribution in [1.29, 1.82) is 0 Å². The monoisotopic (exact) mass is 170 g/mol. The normalized spacial score (nSPS) is 12.3. The summed E-state index contributed by atoms with van der Waals surface area (Å²) in [5.41, 5.74) is 3.71. The molecule has 0 saturated carbocycles. The predicted octanol–water partition coefficient (Wildman–Crippen LogP) is 0.838. The molecule has 0 radical (unpaired) electrons. The smallest absolute Gasteiger partial charge is 0.112 e. The largest absolute Gasteiger partial charge is 0.257 e. The lowest BCUT2D eigenvalue weighted by Gasteiger charge is -1.94. The molecule has 13 heavy (non-hydrogen) atoms. The first-order valence-electron chi connectivity index (χ1n) is 4.05. The molecule has 2 aromatic rings. The van der Waals surface area contributed by atoms with Gasteiger partial charge >= 0.3 is 0 Å². The van der Waals surface area contributed by atoms with E-state index < -0.39 is 0 Å². The van der Waals surface area contributed by atoms with Crippen molar-refractivity contribution in [1.82, 2.24) is 19.9 Å². The van der Waals surface area contributed by atoms with Crippen molar-refractivity contribution in [3.8, 4) is 11.4 Å². The number of hydrogen-bond donors (Lipinski definition) is 0. The molecule has 0 fully saturated rings. The second-order valence-electron chi connectivity index (χ2n) is 2.88. The van der Waals surface area contributed by atoms with Gasteiger partial charge in [-0.1, -0.05) is 0 Å². The van der Waals surface area contributed by atoms with Crippen molar-refractivity contribution in [2.75, 3.05) is 0 Å². The molecule has 0 saturated heterocycles. The van der Waals surface area contributed by atoms with Gasteiger partial charge in [0.1, 0.15) is 11.4 Å². The van der Waals surface area contributed by atoms with Crippen LogP contribution in [0.15, 0.2) is 24.8 Å². The molecular formula is C9H6N4. The molecule has 0 atom stereocenters. The molecule has 0 amide bonds. The average molecular weight is 170 g/mol. The van der Waals surface area contributed by atoms with E-state index in [0.717, 1.165) is 29.2 Å². The first kappa shape index (κ1) is 6.65. The second-order valence-corrected chi connectivity index (χ2v) is 2.88. The van der Waals surface area contributed by atoms with Crippen LogP contribution in [0.4, 0.5) is 0 Å². The van der Waals surface area contributed by atoms with Crippen LogP contribution in [0.5, 0.6) is 0 Å². The zero-order valence-electron chi connectivity index (χ0n) is 6.81. The Hall–Kier alpha value is -1.84. The third-order valence-electron chi connectivity index (χ3n) is 2.11. The van der Waals surface area contributed by atoms with Crippen LogP contribution in [0.1, 0.15) is 11.4 Å². The van der Waals surface area contributed by atoms with Crippen LogP contribution in [0.25, 0.3) is 11.4 Å². The summed E-state index contributed by atoms with van der Waals surface area (Å²) < 4.78 is 0. The van der Waals surface area contributed by atoms with Crippen molar-refractivity contribution in [3.63, 3.8) is 0 Å². The van der Waals surface area contributed by atoms with Gasteiger partial charge in [0.05, 0.1) is 11.4 Å². The van der Waals surface area contributed by atoms with Crippen molar-refractivity contribution in [2.24, 2.45) is 0 Å². The summed E-state index contributed by atoms with van der Waals surface area (Å²) in [4.78, 5) is 16.9. The minimum atomic E-state index is 0.756. The number of aromatic nitrogens is 4. The Kier molecular flexibility index (Phi) is 1.19. The quantitative estimate of drug-likeness (QED) is 0.501. The van der Waals surface area contributed by atoms with E-state index in [2.05, 4.69) is 19.9 Å². The molecule has 2 heterocycles. The fourth-order valence-electron chi connectivity index (χ4n) is 1.55. The topological polar surface area (TPSA) is 51.6 Å². The number of nitrogens with zero attached hydrogens (tertiary/aromatic N) is 4. The lowest BCUT2D eigenvalue weighted by Crippen LogP contribution is -1.87.